The van der Waals surface area contributed by atoms with Gasteiger partial charge in [-0.25, -0.2) is 5.48 Å². The molecule has 1 saturated heterocycles. The average molecular weight is 590 g/mol. The molecule has 3 aromatic carbocycles. The van der Waals surface area contributed by atoms with Gasteiger partial charge in [0.2, 0.25) is 11.8 Å². The molecule has 1 aliphatic rings. The Balaban J connectivity index is 1.43. The van der Waals surface area contributed by atoms with Gasteiger partial charge in [-0.1, -0.05) is 73.2 Å². The van der Waals surface area contributed by atoms with Gasteiger partial charge in [0.15, 0.2) is 6.29 Å². The van der Waals surface area contributed by atoms with Crippen LogP contribution in [0.1, 0.15) is 86.1 Å². The van der Waals surface area contributed by atoms with E-state index in [2.05, 4.69) is 48.5 Å². The van der Waals surface area contributed by atoms with Crippen LogP contribution in [0.3, 0.4) is 0 Å². The number of nitrogens with one attached hydrogen (secondary N) is 2. The van der Waals surface area contributed by atoms with Crippen molar-refractivity contribution in [3.63, 3.8) is 0 Å². The Hall–Kier alpha value is -3.60. The molecule has 230 valence electrons. The van der Waals surface area contributed by atoms with E-state index in [4.69, 9.17) is 14.7 Å². The smallest absolute Gasteiger partial charge is 0.243 e. The first-order valence-electron chi connectivity index (χ1n) is 14.9. The molecule has 1 aliphatic heterocycles. The highest BCUT2D eigenvalue weighted by atomic mass is 16.7. The standard InChI is InChI=1S/C34H43N3O6/c1-24(26-10-5-3-6-11-26)37(2)22-30-21-31(27-18-16-25(23-38)17-19-27)43-34(42-30)28-12-9-13-29(20-28)35-32(39)14-7-4-8-15-33(40)36-41/h3,5-6,9-13,16-20,24,30-31,34,38,41H,4,7-8,14-15,21-23H2,1-2H3,(H,35,39)(H,36,40)/t24-,30-,31+,34+/m0/s1. The fourth-order valence-electron chi connectivity index (χ4n) is 5.29. The number of carbonyl (C=O) groups is 2. The van der Waals surface area contributed by atoms with Crippen molar-refractivity contribution in [2.75, 3.05) is 18.9 Å². The normalized spacial score (nSPS) is 19.1. The number of hydrogen-bond acceptors (Lipinski definition) is 7. The van der Waals surface area contributed by atoms with Crippen LogP contribution in [0.15, 0.2) is 78.9 Å². The molecule has 1 fully saturated rings. The number of rotatable bonds is 14. The quantitative estimate of drug-likeness (QED) is 0.106. The molecule has 0 aromatic heterocycles. The second kappa shape index (κ2) is 16.3. The number of anilines is 1. The van der Waals surface area contributed by atoms with Gasteiger partial charge in [-0.3, -0.25) is 19.7 Å². The third-order valence-corrected chi connectivity index (χ3v) is 7.92. The number of nitrogens with zero attached hydrogens (tertiary/aromatic N) is 1. The summed E-state index contributed by atoms with van der Waals surface area (Å²) < 4.78 is 13.0. The summed E-state index contributed by atoms with van der Waals surface area (Å²) in [6.07, 6.45) is 2.27. The summed E-state index contributed by atoms with van der Waals surface area (Å²) in [5.41, 5.74) is 6.20. The Kier molecular flexibility index (Phi) is 12.3. The van der Waals surface area contributed by atoms with Crippen molar-refractivity contribution in [3.8, 4) is 0 Å². The summed E-state index contributed by atoms with van der Waals surface area (Å²) in [7, 11) is 2.11. The summed E-state index contributed by atoms with van der Waals surface area (Å²) in [4.78, 5) is 26.0. The van der Waals surface area contributed by atoms with Crippen LogP contribution in [0.25, 0.3) is 0 Å². The number of likely N-dealkylation sites (N-methyl/N-ethyl adjacent to an activating group) is 1. The van der Waals surface area contributed by atoms with Crippen LogP contribution in [0.2, 0.25) is 0 Å². The zero-order valence-corrected chi connectivity index (χ0v) is 24.9. The van der Waals surface area contributed by atoms with Gasteiger partial charge in [0.05, 0.1) is 18.8 Å². The highest BCUT2D eigenvalue weighted by molar-refractivity contribution is 5.90. The van der Waals surface area contributed by atoms with E-state index in [1.807, 2.05) is 54.6 Å². The van der Waals surface area contributed by atoms with Crippen molar-refractivity contribution in [2.45, 2.75) is 76.6 Å². The number of unbranched alkanes of at least 4 members (excludes halogenated alkanes) is 2. The largest absolute Gasteiger partial charge is 0.392 e. The summed E-state index contributed by atoms with van der Waals surface area (Å²) in [5, 5.41) is 21.0. The first-order chi connectivity index (χ1) is 20.9. The van der Waals surface area contributed by atoms with E-state index in [0.717, 1.165) is 16.7 Å². The molecule has 3 aromatic rings. The van der Waals surface area contributed by atoms with Crippen LogP contribution < -0.4 is 10.8 Å². The molecule has 1 heterocycles. The minimum absolute atomic E-state index is 0.0122. The summed E-state index contributed by atoms with van der Waals surface area (Å²) in [5.74, 6) is -0.525. The summed E-state index contributed by atoms with van der Waals surface area (Å²) in [6.45, 7) is 2.88. The molecule has 2 amide bonds. The SMILES string of the molecule is C[C@@H](c1ccccc1)N(C)C[C@@H]1C[C@H](c2ccc(CO)cc2)O[C@H](c2cccc(NC(=O)CCCCCC(=O)NO)c2)O1. The lowest BCUT2D eigenvalue weighted by molar-refractivity contribution is -0.253. The Labute approximate surface area is 253 Å². The molecule has 0 unspecified atom stereocenters. The Bertz CT molecular complexity index is 1300. The molecule has 4 atom stereocenters. The zero-order chi connectivity index (χ0) is 30.6. The van der Waals surface area contributed by atoms with Gasteiger partial charge >= 0.3 is 0 Å². The minimum Gasteiger partial charge on any atom is -0.392 e. The molecule has 9 heteroatoms. The molecule has 4 rings (SSSR count). The van der Waals surface area contributed by atoms with E-state index in [-0.39, 0.29) is 37.2 Å². The number of amides is 2. The van der Waals surface area contributed by atoms with Crippen molar-refractivity contribution in [1.29, 1.82) is 0 Å². The van der Waals surface area contributed by atoms with Crippen molar-refractivity contribution in [3.05, 3.63) is 101 Å². The third-order valence-electron chi connectivity index (χ3n) is 7.92. The van der Waals surface area contributed by atoms with Crippen molar-refractivity contribution < 1.29 is 29.4 Å². The van der Waals surface area contributed by atoms with Gasteiger partial charge in [0.1, 0.15) is 0 Å². The van der Waals surface area contributed by atoms with E-state index in [0.29, 0.717) is 44.3 Å². The number of hydrogen-bond donors (Lipinski definition) is 4. The van der Waals surface area contributed by atoms with Gasteiger partial charge in [-0.05, 0) is 55.6 Å². The molecule has 0 bridgehead atoms. The predicted octanol–water partition coefficient (Wildman–Crippen LogP) is 5.81. The van der Waals surface area contributed by atoms with E-state index < -0.39 is 12.2 Å². The van der Waals surface area contributed by atoms with Gasteiger partial charge in [-0.15, -0.1) is 0 Å². The molecule has 0 radical (unpaired) electrons. The van der Waals surface area contributed by atoms with Gasteiger partial charge in [-0.2, -0.15) is 0 Å². The van der Waals surface area contributed by atoms with E-state index >= 15 is 0 Å². The first-order valence-corrected chi connectivity index (χ1v) is 14.9. The molecule has 0 spiro atoms. The van der Waals surface area contributed by atoms with Crippen LogP contribution in [-0.4, -0.2) is 46.7 Å². The minimum atomic E-state index is -0.628. The maximum absolute atomic E-state index is 12.6. The number of carbonyl (C=O) groups excluding carboxylic acids is 2. The van der Waals surface area contributed by atoms with Crippen LogP contribution in [0, 0.1) is 0 Å². The maximum atomic E-state index is 12.6. The first kappa shape index (κ1) is 32.3. The number of ether oxygens (including phenoxy) is 2. The fourth-order valence-corrected chi connectivity index (χ4v) is 5.29. The molecule has 0 aliphatic carbocycles. The third kappa shape index (κ3) is 9.71. The Morgan fingerprint density at radius 2 is 1.63 bits per heavy atom. The van der Waals surface area contributed by atoms with Gasteiger partial charge in [0.25, 0.3) is 0 Å². The number of aliphatic hydroxyl groups is 1. The predicted molar refractivity (Wildman–Crippen MR) is 164 cm³/mol. The molecular formula is C34H43N3O6. The second-order valence-electron chi connectivity index (χ2n) is 11.1. The fraction of sp³-hybridized carbons (Fsp3) is 0.412. The van der Waals surface area contributed by atoms with E-state index in [1.54, 1.807) is 5.48 Å². The van der Waals surface area contributed by atoms with E-state index in [1.165, 1.54) is 5.56 Å². The molecule has 0 saturated carbocycles. The second-order valence-corrected chi connectivity index (χ2v) is 11.1. The molecule has 43 heavy (non-hydrogen) atoms. The average Bonchev–Trinajstić information content (AvgIpc) is 3.04. The maximum Gasteiger partial charge on any atom is 0.243 e. The van der Waals surface area contributed by atoms with Crippen LogP contribution in [0.5, 0.6) is 0 Å². The van der Waals surface area contributed by atoms with Crippen molar-refractivity contribution >= 4 is 17.5 Å². The number of hydroxylamine groups is 1. The van der Waals surface area contributed by atoms with E-state index in [9.17, 15) is 14.7 Å². The number of benzene rings is 3. The number of aliphatic hydroxyl groups excluding tert-OH is 1. The van der Waals surface area contributed by atoms with Crippen LogP contribution in [0.4, 0.5) is 5.69 Å². The molecular weight excluding hydrogens is 546 g/mol. The molecule has 4 N–H and O–H groups in total. The Morgan fingerprint density at radius 1 is 0.907 bits per heavy atom. The highest BCUT2D eigenvalue weighted by Crippen LogP contribution is 2.39. The van der Waals surface area contributed by atoms with Crippen molar-refractivity contribution in [2.24, 2.45) is 0 Å². The van der Waals surface area contributed by atoms with Gasteiger partial charge in [0, 0.05) is 43.1 Å². The lowest BCUT2D eigenvalue weighted by atomic mass is 9.99. The summed E-state index contributed by atoms with van der Waals surface area (Å²) in [6, 6.07) is 26.0. The lowest BCUT2D eigenvalue weighted by Gasteiger charge is -2.39. The monoisotopic (exact) mass is 589 g/mol. The lowest BCUT2D eigenvalue weighted by Crippen LogP contribution is -2.38. The van der Waals surface area contributed by atoms with Crippen molar-refractivity contribution in [1.82, 2.24) is 10.4 Å². The zero-order valence-electron chi connectivity index (χ0n) is 24.9. The van der Waals surface area contributed by atoms with Crippen LogP contribution >= 0.6 is 0 Å². The van der Waals surface area contributed by atoms with Crippen LogP contribution in [-0.2, 0) is 25.7 Å². The van der Waals surface area contributed by atoms with Gasteiger partial charge < -0.3 is 19.9 Å². The summed E-state index contributed by atoms with van der Waals surface area (Å²) >= 11 is 0. The molecule has 9 nitrogen and oxygen atoms in total. The topological polar surface area (TPSA) is 120 Å². The Morgan fingerprint density at radius 3 is 2.33 bits per heavy atom. The highest BCUT2D eigenvalue weighted by Gasteiger charge is 2.33.